The lowest BCUT2D eigenvalue weighted by Crippen LogP contribution is -2.16. The fourth-order valence-corrected chi connectivity index (χ4v) is 3.89. The number of pyridine rings is 2. The van der Waals surface area contributed by atoms with Crippen molar-refractivity contribution in [1.29, 1.82) is 0 Å². The molecule has 0 saturated heterocycles. The average molecular weight is 474 g/mol. The minimum Gasteiger partial charge on any atom is -0.455 e. The fraction of sp³-hybridized carbons (Fsp3) is 0.208. The van der Waals surface area contributed by atoms with Crippen molar-refractivity contribution in [2.45, 2.75) is 33.0 Å². The van der Waals surface area contributed by atoms with Gasteiger partial charge in [0, 0.05) is 29.1 Å². The standard InChI is InChI=1S/C24H19ClF3N3O2/c1-12-9-16(14(3)30-18-6-7-19(25)31-23(18)24(26,27)28)22-17(10-12)20(32)13(2)21(33-22)15-5-4-8-29-11-15/h4-11,14,30H,1-3H3. The zero-order valence-corrected chi connectivity index (χ0v) is 18.7. The monoisotopic (exact) mass is 473 g/mol. The van der Waals surface area contributed by atoms with Crippen LogP contribution in [0.2, 0.25) is 5.15 Å². The maximum atomic E-state index is 13.5. The molecule has 4 rings (SSSR count). The zero-order chi connectivity index (χ0) is 23.9. The number of fused-ring (bicyclic) bond motifs is 1. The van der Waals surface area contributed by atoms with Crippen LogP contribution in [0.25, 0.3) is 22.3 Å². The first kappa shape index (κ1) is 22.8. The molecule has 1 aromatic carbocycles. The summed E-state index contributed by atoms with van der Waals surface area (Å²) >= 11 is 5.69. The van der Waals surface area contributed by atoms with Crippen LogP contribution in [0.15, 0.2) is 58.0 Å². The van der Waals surface area contributed by atoms with Crippen molar-refractivity contribution in [2.75, 3.05) is 5.32 Å². The number of aromatic nitrogens is 2. The van der Waals surface area contributed by atoms with E-state index < -0.39 is 17.9 Å². The van der Waals surface area contributed by atoms with E-state index in [4.69, 9.17) is 16.0 Å². The van der Waals surface area contributed by atoms with Crippen molar-refractivity contribution < 1.29 is 17.6 Å². The molecule has 0 amide bonds. The molecule has 0 aliphatic carbocycles. The Kier molecular flexibility index (Phi) is 5.88. The summed E-state index contributed by atoms with van der Waals surface area (Å²) < 4.78 is 46.7. The summed E-state index contributed by atoms with van der Waals surface area (Å²) in [6, 6.07) is 8.85. The average Bonchev–Trinajstić information content (AvgIpc) is 2.77. The molecule has 0 spiro atoms. The largest absolute Gasteiger partial charge is 0.455 e. The van der Waals surface area contributed by atoms with E-state index in [1.807, 2.05) is 6.92 Å². The van der Waals surface area contributed by atoms with Crippen LogP contribution < -0.4 is 10.7 Å². The molecule has 0 bridgehead atoms. The summed E-state index contributed by atoms with van der Waals surface area (Å²) in [6.45, 7) is 5.17. The van der Waals surface area contributed by atoms with Crippen molar-refractivity contribution >= 4 is 28.3 Å². The fourth-order valence-electron chi connectivity index (χ4n) is 3.74. The maximum Gasteiger partial charge on any atom is 0.435 e. The van der Waals surface area contributed by atoms with E-state index in [9.17, 15) is 18.0 Å². The third-order valence-corrected chi connectivity index (χ3v) is 5.49. The summed E-state index contributed by atoms with van der Waals surface area (Å²) in [6.07, 6.45) is -1.50. The van der Waals surface area contributed by atoms with Gasteiger partial charge >= 0.3 is 6.18 Å². The molecule has 33 heavy (non-hydrogen) atoms. The van der Waals surface area contributed by atoms with Crippen molar-refractivity contribution in [2.24, 2.45) is 0 Å². The van der Waals surface area contributed by atoms with Gasteiger partial charge in [-0.15, -0.1) is 0 Å². The molecule has 170 valence electrons. The number of benzene rings is 1. The molecule has 3 aromatic heterocycles. The van der Waals surface area contributed by atoms with E-state index in [0.717, 1.165) is 5.56 Å². The number of rotatable bonds is 4. The van der Waals surface area contributed by atoms with Gasteiger partial charge in [0.2, 0.25) is 0 Å². The predicted octanol–water partition coefficient (Wildman–Crippen LogP) is 6.71. The van der Waals surface area contributed by atoms with Gasteiger partial charge in [-0.2, -0.15) is 13.2 Å². The molecule has 5 nitrogen and oxygen atoms in total. The van der Waals surface area contributed by atoms with E-state index >= 15 is 0 Å². The molecule has 1 unspecified atom stereocenters. The van der Waals surface area contributed by atoms with Gasteiger partial charge in [-0.3, -0.25) is 9.78 Å². The number of halogens is 4. The molecule has 0 saturated carbocycles. The van der Waals surface area contributed by atoms with Crippen molar-refractivity contribution in [3.63, 3.8) is 0 Å². The second-order valence-electron chi connectivity index (χ2n) is 7.75. The van der Waals surface area contributed by atoms with E-state index in [-0.39, 0.29) is 16.3 Å². The summed E-state index contributed by atoms with van der Waals surface area (Å²) in [4.78, 5) is 20.7. The minimum atomic E-state index is -4.70. The van der Waals surface area contributed by atoms with Gasteiger partial charge < -0.3 is 9.73 Å². The SMILES string of the molecule is Cc1cc(C(C)Nc2ccc(Cl)nc2C(F)(F)F)c2oc(-c3cccnc3)c(C)c(=O)c2c1. The highest BCUT2D eigenvalue weighted by Crippen LogP contribution is 2.37. The highest BCUT2D eigenvalue weighted by atomic mass is 35.5. The van der Waals surface area contributed by atoms with E-state index in [1.54, 1.807) is 50.5 Å². The first-order chi connectivity index (χ1) is 15.6. The molecular formula is C24H19ClF3N3O2. The van der Waals surface area contributed by atoms with Gasteiger partial charge in [-0.1, -0.05) is 17.7 Å². The number of anilines is 1. The molecule has 1 atom stereocenters. The van der Waals surface area contributed by atoms with Gasteiger partial charge in [0.25, 0.3) is 0 Å². The van der Waals surface area contributed by atoms with Crippen molar-refractivity contribution in [1.82, 2.24) is 9.97 Å². The number of aryl methyl sites for hydroxylation is 1. The second kappa shape index (κ2) is 8.51. The van der Waals surface area contributed by atoms with Gasteiger partial charge in [0.1, 0.15) is 16.5 Å². The first-order valence-corrected chi connectivity index (χ1v) is 10.4. The number of hydrogen-bond donors (Lipinski definition) is 1. The van der Waals surface area contributed by atoms with Gasteiger partial charge in [-0.05, 0) is 56.7 Å². The third kappa shape index (κ3) is 4.43. The van der Waals surface area contributed by atoms with Crippen LogP contribution in [-0.2, 0) is 6.18 Å². The lowest BCUT2D eigenvalue weighted by atomic mass is 9.99. The molecular weight excluding hydrogens is 455 g/mol. The van der Waals surface area contributed by atoms with E-state index in [2.05, 4.69) is 15.3 Å². The molecule has 0 aliphatic heterocycles. The number of nitrogens with zero attached hydrogens (tertiary/aromatic N) is 2. The maximum absolute atomic E-state index is 13.5. The molecule has 0 radical (unpaired) electrons. The van der Waals surface area contributed by atoms with Gasteiger partial charge in [0.05, 0.1) is 17.1 Å². The van der Waals surface area contributed by atoms with Crippen LogP contribution in [0.3, 0.4) is 0 Å². The van der Waals surface area contributed by atoms with Crippen LogP contribution in [0.4, 0.5) is 18.9 Å². The molecule has 0 fully saturated rings. The van der Waals surface area contributed by atoms with E-state index in [1.165, 1.54) is 12.1 Å². The van der Waals surface area contributed by atoms with Crippen molar-refractivity contribution in [3.05, 3.63) is 86.6 Å². The number of alkyl halides is 3. The Hall–Kier alpha value is -3.39. The molecule has 9 heteroatoms. The van der Waals surface area contributed by atoms with Crippen LogP contribution in [0, 0.1) is 13.8 Å². The third-order valence-electron chi connectivity index (χ3n) is 5.28. The molecule has 3 heterocycles. The second-order valence-corrected chi connectivity index (χ2v) is 8.14. The topological polar surface area (TPSA) is 68.0 Å². The highest BCUT2D eigenvalue weighted by molar-refractivity contribution is 6.29. The Morgan fingerprint density at radius 1 is 1.15 bits per heavy atom. The Morgan fingerprint density at radius 2 is 1.91 bits per heavy atom. The summed E-state index contributed by atoms with van der Waals surface area (Å²) in [5.41, 5.74) is 1.11. The van der Waals surface area contributed by atoms with Crippen LogP contribution >= 0.6 is 11.6 Å². The zero-order valence-electron chi connectivity index (χ0n) is 17.9. The highest BCUT2D eigenvalue weighted by Gasteiger charge is 2.36. The summed E-state index contributed by atoms with van der Waals surface area (Å²) in [7, 11) is 0. The van der Waals surface area contributed by atoms with Gasteiger partial charge in [0.15, 0.2) is 11.1 Å². The molecule has 4 aromatic rings. The van der Waals surface area contributed by atoms with Crippen LogP contribution in [0.5, 0.6) is 0 Å². The van der Waals surface area contributed by atoms with Gasteiger partial charge in [-0.25, -0.2) is 4.98 Å². The predicted molar refractivity (Wildman–Crippen MR) is 121 cm³/mol. The normalized spacial score (nSPS) is 12.7. The Balaban J connectivity index is 1.88. The Bertz CT molecular complexity index is 1400. The van der Waals surface area contributed by atoms with E-state index in [0.29, 0.717) is 33.4 Å². The minimum absolute atomic E-state index is 0.212. The van der Waals surface area contributed by atoms with Crippen molar-refractivity contribution in [3.8, 4) is 11.3 Å². The quantitative estimate of drug-likeness (QED) is 0.333. The molecule has 1 N–H and O–H groups in total. The summed E-state index contributed by atoms with van der Waals surface area (Å²) in [5.74, 6) is 0.363. The van der Waals surface area contributed by atoms with Crippen LogP contribution in [-0.4, -0.2) is 9.97 Å². The number of nitrogens with one attached hydrogen (secondary N) is 1. The Labute approximate surface area is 192 Å². The Morgan fingerprint density at radius 3 is 2.58 bits per heavy atom. The molecule has 0 aliphatic rings. The van der Waals surface area contributed by atoms with Crippen LogP contribution in [0.1, 0.15) is 35.3 Å². The lowest BCUT2D eigenvalue weighted by Gasteiger charge is -2.21. The first-order valence-electron chi connectivity index (χ1n) is 10.0. The smallest absolute Gasteiger partial charge is 0.435 e. The number of hydrogen-bond acceptors (Lipinski definition) is 5. The summed E-state index contributed by atoms with van der Waals surface area (Å²) in [5, 5.41) is 2.95. The lowest BCUT2D eigenvalue weighted by molar-refractivity contribution is -0.140.